The minimum atomic E-state index is -1.10. The van der Waals surface area contributed by atoms with Gasteiger partial charge in [-0.15, -0.1) is 0 Å². The number of rotatable bonds is 3. The number of phenolic OH excluding ortho intramolecular Hbond substituents is 4. The lowest BCUT2D eigenvalue weighted by molar-refractivity contribution is -0.138. The highest BCUT2D eigenvalue weighted by molar-refractivity contribution is 5.73. The Morgan fingerprint density at radius 3 is 2.08 bits per heavy atom. The van der Waals surface area contributed by atoms with E-state index in [1.165, 1.54) is 24.3 Å². The molecule has 0 radical (unpaired) electrons. The van der Waals surface area contributed by atoms with Gasteiger partial charge in [-0.1, -0.05) is 39.0 Å². The van der Waals surface area contributed by atoms with E-state index in [-0.39, 0.29) is 34.8 Å². The summed E-state index contributed by atoms with van der Waals surface area (Å²) in [4.78, 5) is 10.4. The highest BCUT2D eigenvalue weighted by Crippen LogP contribution is 2.36. The Morgan fingerprint density at radius 2 is 1.62 bits per heavy atom. The van der Waals surface area contributed by atoms with Crippen molar-refractivity contribution in [2.24, 2.45) is 5.73 Å². The summed E-state index contributed by atoms with van der Waals surface area (Å²) < 4.78 is 0. The second-order valence-electron chi connectivity index (χ2n) is 6.90. The van der Waals surface area contributed by atoms with Crippen LogP contribution in [0.4, 0.5) is 0 Å². The van der Waals surface area contributed by atoms with Crippen LogP contribution in [0.15, 0.2) is 36.4 Å². The third kappa shape index (κ3) is 5.86. The van der Waals surface area contributed by atoms with Crippen molar-refractivity contribution in [3.05, 3.63) is 47.5 Å². The molecule has 7 N–H and O–H groups in total. The molecule has 2 aromatic rings. The second kappa shape index (κ2) is 8.44. The standard InChI is InChI=1S/C10H14O2.C9H11NO4/c1-10(2,3)7-5-4-6-8(11)9(7)12;10-6(9(13)14)3-5-1-2-7(11)8(12)4-5/h4-6,11-12H,1-3H3;1-2,4,6,11-12H,3,10H2,(H,13,14)/t;6-/m.0/s1. The number of aromatic hydroxyl groups is 4. The highest BCUT2D eigenvalue weighted by Gasteiger charge is 2.19. The summed E-state index contributed by atoms with van der Waals surface area (Å²) in [5.74, 6) is -1.68. The van der Waals surface area contributed by atoms with E-state index in [0.717, 1.165) is 5.56 Å². The molecule has 26 heavy (non-hydrogen) atoms. The summed E-state index contributed by atoms with van der Waals surface area (Å²) in [6.45, 7) is 5.96. The molecule has 0 aliphatic rings. The van der Waals surface area contributed by atoms with Crippen LogP contribution in [0.3, 0.4) is 0 Å². The summed E-state index contributed by atoms with van der Waals surface area (Å²) in [7, 11) is 0. The molecule has 0 amide bonds. The number of hydrogen-bond donors (Lipinski definition) is 6. The molecule has 2 rings (SSSR count). The van der Waals surface area contributed by atoms with E-state index in [1.54, 1.807) is 6.07 Å². The van der Waals surface area contributed by atoms with Crippen molar-refractivity contribution in [3.63, 3.8) is 0 Å². The van der Waals surface area contributed by atoms with Crippen LogP contribution >= 0.6 is 0 Å². The van der Waals surface area contributed by atoms with Gasteiger partial charge in [0.05, 0.1) is 0 Å². The van der Waals surface area contributed by atoms with Gasteiger partial charge in [-0.2, -0.15) is 0 Å². The molecule has 0 unspecified atom stereocenters. The third-order valence-electron chi connectivity index (χ3n) is 3.64. The summed E-state index contributed by atoms with van der Waals surface area (Å²) in [6, 6.07) is 8.11. The minimum absolute atomic E-state index is 0.00926. The Kier molecular flexibility index (Phi) is 6.85. The number of carboxylic acids is 1. The number of aliphatic carboxylic acids is 1. The molecular weight excluding hydrogens is 338 g/mol. The average Bonchev–Trinajstić information content (AvgIpc) is 2.53. The molecule has 0 aliphatic carbocycles. The van der Waals surface area contributed by atoms with E-state index < -0.39 is 12.0 Å². The molecule has 0 saturated heterocycles. The van der Waals surface area contributed by atoms with Crippen LogP contribution in [-0.4, -0.2) is 37.5 Å². The molecule has 0 bridgehead atoms. The Balaban J connectivity index is 0.000000263. The lowest BCUT2D eigenvalue weighted by Gasteiger charge is -2.20. The van der Waals surface area contributed by atoms with E-state index in [4.69, 9.17) is 21.1 Å². The first-order chi connectivity index (χ1) is 11.9. The lowest BCUT2D eigenvalue weighted by atomic mass is 9.86. The molecule has 142 valence electrons. The fourth-order valence-electron chi connectivity index (χ4n) is 2.17. The number of carbonyl (C=O) groups is 1. The molecule has 7 nitrogen and oxygen atoms in total. The van der Waals surface area contributed by atoms with E-state index in [1.807, 2.05) is 26.8 Å². The average molecular weight is 363 g/mol. The van der Waals surface area contributed by atoms with Crippen molar-refractivity contribution >= 4 is 5.97 Å². The molecule has 0 heterocycles. The highest BCUT2D eigenvalue weighted by atomic mass is 16.4. The summed E-state index contributed by atoms with van der Waals surface area (Å²) >= 11 is 0. The molecule has 0 aromatic heterocycles. The van der Waals surface area contributed by atoms with E-state index in [2.05, 4.69) is 0 Å². The zero-order chi connectivity index (χ0) is 20.1. The maximum atomic E-state index is 10.4. The van der Waals surface area contributed by atoms with Gasteiger partial charge in [-0.05, 0) is 35.6 Å². The van der Waals surface area contributed by atoms with Crippen LogP contribution in [-0.2, 0) is 16.6 Å². The van der Waals surface area contributed by atoms with Gasteiger partial charge < -0.3 is 31.3 Å². The van der Waals surface area contributed by atoms with Crippen LogP contribution in [0.5, 0.6) is 23.0 Å². The fraction of sp³-hybridized carbons (Fsp3) is 0.316. The second-order valence-corrected chi connectivity index (χ2v) is 6.90. The number of benzene rings is 2. The summed E-state index contributed by atoms with van der Waals surface area (Å²) in [6.07, 6.45) is 0.114. The molecule has 1 atom stereocenters. The van der Waals surface area contributed by atoms with Crippen molar-refractivity contribution in [3.8, 4) is 23.0 Å². The zero-order valence-corrected chi connectivity index (χ0v) is 15.0. The zero-order valence-electron chi connectivity index (χ0n) is 15.0. The predicted octanol–water partition coefficient (Wildman–Crippen LogP) is 2.45. The number of hydrogen-bond acceptors (Lipinski definition) is 6. The number of para-hydroxylation sites is 1. The summed E-state index contributed by atoms with van der Waals surface area (Å²) in [5.41, 5.74) is 6.49. The van der Waals surface area contributed by atoms with Crippen molar-refractivity contribution in [1.82, 2.24) is 0 Å². The van der Waals surface area contributed by atoms with Crippen molar-refractivity contribution in [1.29, 1.82) is 0 Å². The van der Waals surface area contributed by atoms with E-state index >= 15 is 0 Å². The first kappa shape index (κ1) is 21.1. The first-order valence-electron chi connectivity index (χ1n) is 7.94. The molecule has 7 heteroatoms. The van der Waals surface area contributed by atoms with E-state index in [9.17, 15) is 15.0 Å². The quantitative estimate of drug-likeness (QED) is 0.459. The van der Waals surface area contributed by atoms with Crippen molar-refractivity contribution < 1.29 is 30.3 Å². The fourth-order valence-corrected chi connectivity index (χ4v) is 2.17. The number of phenols is 4. The van der Waals surface area contributed by atoms with Gasteiger partial charge in [0.1, 0.15) is 6.04 Å². The maximum absolute atomic E-state index is 10.4. The SMILES string of the molecule is CC(C)(C)c1cccc(O)c1O.N[C@@H](Cc1ccc(O)c(O)c1)C(=O)O. The largest absolute Gasteiger partial charge is 0.504 e. The van der Waals surface area contributed by atoms with Gasteiger partial charge in [0, 0.05) is 5.56 Å². The molecular formula is C19H25NO6. The monoisotopic (exact) mass is 363 g/mol. The topological polar surface area (TPSA) is 144 Å². The van der Waals surface area contributed by atoms with E-state index in [0.29, 0.717) is 5.56 Å². The van der Waals surface area contributed by atoms with Crippen LogP contribution in [0.1, 0.15) is 31.9 Å². The Hall–Kier alpha value is -2.93. The predicted molar refractivity (Wildman–Crippen MR) is 97.6 cm³/mol. The van der Waals surface area contributed by atoms with Crippen LogP contribution < -0.4 is 5.73 Å². The summed E-state index contributed by atoms with van der Waals surface area (Å²) in [5, 5.41) is 45.3. The first-order valence-corrected chi connectivity index (χ1v) is 7.94. The Morgan fingerprint density at radius 1 is 1.00 bits per heavy atom. The molecule has 0 spiro atoms. The van der Waals surface area contributed by atoms with Gasteiger partial charge >= 0.3 is 5.97 Å². The molecule has 0 saturated carbocycles. The van der Waals surface area contributed by atoms with Crippen LogP contribution in [0, 0.1) is 0 Å². The smallest absolute Gasteiger partial charge is 0.320 e. The lowest BCUT2D eigenvalue weighted by Crippen LogP contribution is -2.32. The minimum Gasteiger partial charge on any atom is -0.504 e. The molecule has 0 fully saturated rings. The third-order valence-corrected chi connectivity index (χ3v) is 3.64. The number of nitrogens with two attached hydrogens (primary N) is 1. The van der Waals surface area contributed by atoms with Gasteiger partial charge in [0.25, 0.3) is 0 Å². The van der Waals surface area contributed by atoms with Crippen LogP contribution in [0.2, 0.25) is 0 Å². The van der Waals surface area contributed by atoms with Gasteiger partial charge in [0.15, 0.2) is 23.0 Å². The Bertz CT molecular complexity index is 767. The van der Waals surface area contributed by atoms with Gasteiger partial charge in [0.2, 0.25) is 0 Å². The van der Waals surface area contributed by atoms with Gasteiger partial charge in [-0.3, -0.25) is 4.79 Å². The van der Waals surface area contributed by atoms with Crippen molar-refractivity contribution in [2.75, 3.05) is 0 Å². The van der Waals surface area contributed by atoms with Crippen molar-refractivity contribution in [2.45, 2.75) is 38.6 Å². The Labute approximate surface area is 152 Å². The normalized spacial score (nSPS) is 12.0. The number of carboxylic acid groups (broad SMARTS) is 1. The molecule has 2 aromatic carbocycles. The molecule has 0 aliphatic heterocycles. The maximum Gasteiger partial charge on any atom is 0.320 e. The van der Waals surface area contributed by atoms with Gasteiger partial charge in [-0.25, -0.2) is 0 Å². The van der Waals surface area contributed by atoms with Crippen LogP contribution in [0.25, 0.3) is 0 Å².